The predicted octanol–water partition coefficient (Wildman–Crippen LogP) is 2.54. The van der Waals surface area contributed by atoms with Crippen LogP contribution in [0.25, 0.3) is 10.9 Å². The Morgan fingerprint density at radius 1 is 1.38 bits per heavy atom. The van der Waals surface area contributed by atoms with Crippen molar-refractivity contribution in [1.29, 1.82) is 0 Å². The molecule has 66 valence electrons. The molecule has 0 spiro atoms. The van der Waals surface area contributed by atoms with E-state index < -0.39 is 0 Å². The quantitative estimate of drug-likeness (QED) is 0.409. The Hall–Kier alpha value is -1.48. The molecule has 13 heavy (non-hydrogen) atoms. The van der Waals surface area contributed by atoms with Crippen LogP contribution in [0, 0.1) is 0 Å². The number of para-hydroxylation sites is 1. The zero-order valence-electron chi connectivity index (χ0n) is 6.66. The van der Waals surface area contributed by atoms with E-state index in [-0.39, 0.29) is 5.17 Å². The summed E-state index contributed by atoms with van der Waals surface area (Å²) in [5.74, 6) is 0. The van der Waals surface area contributed by atoms with Gasteiger partial charge in [-0.15, -0.1) is 0 Å². The lowest BCUT2D eigenvalue weighted by atomic mass is 10.2. The van der Waals surface area contributed by atoms with Crippen LogP contribution in [0.3, 0.4) is 0 Å². The van der Waals surface area contributed by atoms with Crippen LogP contribution in [0.15, 0.2) is 35.6 Å². The van der Waals surface area contributed by atoms with Gasteiger partial charge in [-0.25, -0.2) is 0 Å². The van der Waals surface area contributed by atoms with Crippen LogP contribution in [-0.4, -0.2) is 15.4 Å². The fourth-order valence-electron chi connectivity index (χ4n) is 1.30. The third-order valence-corrected chi connectivity index (χ3v) is 2.18. The Kier molecular flexibility index (Phi) is 1.94. The van der Waals surface area contributed by atoms with E-state index in [1.807, 2.05) is 24.3 Å². The molecule has 0 amide bonds. The van der Waals surface area contributed by atoms with Crippen LogP contribution < -0.4 is 0 Å². The lowest BCUT2D eigenvalue weighted by molar-refractivity contribution is 0.321. The number of hydrogen-bond acceptors (Lipinski definition) is 2. The SMILES string of the molecule is ON=C(Cl)c1c[nH]c2ccccc12. The van der Waals surface area contributed by atoms with E-state index in [4.69, 9.17) is 16.8 Å². The van der Waals surface area contributed by atoms with Crippen molar-refractivity contribution < 1.29 is 5.21 Å². The Balaban J connectivity index is 2.71. The molecule has 0 aliphatic rings. The summed E-state index contributed by atoms with van der Waals surface area (Å²) in [6.07, 6.45) is 1.72. The minimum Gasteiger partial charge on any atom is -0.410 e. The number of rotatable bonds is 1. The lowest BCUT2D eigenvalue weighted by Gasteiger charge is -1.92. The highest BCUT2D eigenvalue weighted by Gasteiger charge is 2.06. The predicted molar refractivity (Wildman–Crippen MR) is 52.5 cm³/mol. The zero-order chi connectivity index (χ0) is 9.26. The van der Waals surface area contributed by atoms with Crippen LogP contribution >= 0.6 is 11.6 Å². The number of halogens is 1. The summed E-state index contributed by atoms with van der Waals surface area (Å²) in [4.78, 5) is 3.03. The lowest BCUT2D eigenvalue weighted by Crippen LogP contribution is -1.87. The van der Waals surface area contributed by atoms with Gasteiger partial charge in [0, 0.05) is 22.7 Å². The molecule has 2 aromatic rings. The van der Waals surface area contributed by atoms with Crippen molar-refractivity contribution in [3.8, 4) is 0 Å². The molecule has 0 atom stereocenters. The van der Waals surface area contributed by atoms with Crippen molar-refractivity contribution >= 4 is 27.7 Å². The van der Waals surface area contributed by atoms with Gasteiger partial charge in [0.15, 0.2) is 5.17 Å². The molecular formula is C9H7ClN2O. The van der Waals surface area contributed by atoms with Gasteiger partial charge in [-0.1, -0.05) is 35.0 Å². The van der Waals surface area contributed by atoms with E-state index in [1.54, 1.807) is 6.20 Å². The first-order valence-corrected chi connectivity index (χ1v) is 4.15. The number of nitrogens with one attached hydrogen (secondary N) is 1. The molecule has 1 aromatic carbocycles. The Morgan fingerprint density at radius 3 is 2.92 bits per heavy atom. The van der Waals surface area contributed by atoms with Crippen molar-refractivity contribution in [3.05, 3.63) is 36.0 Å². The molecule has 2 N–H and O–H groups in total. The summed E-state index contributed by atoms with van der Waals surface area (Å²) >= 11 is 5.69. The molecule has 4 heteroatoms. The number of oxime groups is 1. The van der Waals surface area contributed by atoms with Crippen molar-refractivity contribution in [2.45, 2.75) is 0 Å². The maximum absolute atomic E-state index is 8.51. The number of aromatic amines is 1. The largest absolute Gasteiger partial charge is 0.410 e. The Morgan fingerprint density at radius 2 is 2.15 bits per heavy atom. The van der Waals surface area contributed by atoms with Gasteiger partial charge >= 0.3 is 0 Å². The molecule has 0 saturated carbocycles. The number of hydrogen-bond donors (Lipinski definition) is 2. The first kappa shape index (κ1) is 8.13. The molecule has 0 radical (unpaired) electrons. The van der Waals surface area contributed by atoms with Crippen molar-refractivity contribution in [1.82, 2.24) is 4.98 Å². The smallest absolute Gasteiger partial charge is 0.177 e. The molecule has 0 bridgehead atoms. The topological polar surface area (TPSA) is 48.4 Å². The van der Waals surface area contributed by atoms with Crippen LogP contribution in [0.4, 0.5) is 0 Å². The minimum atomic E-state index is 0.0949. The van der Waals surface area contributed by atoms with Crippen molar-refractivity contribution in [2.24, 2.45) is 5.16 Å². The molecule has 1 aromatic heterocycles. The molecular weight excluding hydrogens is 188 g/mol. The van der Waals surface area contributed by atoms with E-state index in [1.165, 1.54) is 0 Å². The van der Waals surface area contributed by atoms with Gasteiger partial charge in [0.1, 0.15) is 0 Å². The monoisotopic (exact) mass is 194 g/mol. The van der Waals surface area contributed by atoms with Gasteiger partial charge < -0.3 is 10.2 Å². The second-order valence-electron chi connectivity index (χ2n) is 2.64. The van der Waals surface area contributed by atoms with E-state index in [9.17, 15) is 0 Å². The average Bonchev–Trinajstić information content (AvgIpc) is 2.60. The number of benzene rings is 1. The number of aromatic nitrogens is 1. The summed E-state index contributed by atoms with van der Waals surface area (Å²) in [6, 6.07) is 7.67. The Bertz CT molecular complexity index is 461. The number of H-pyrrole nitrogens is 1. The minimum absolute atomic E-state index is 0.0949. The number of fused-ring (bicyclic) bond motifs is 1. The highest BCUT2D eigenvalue weighted by Crippen LogP contribution is 2.19. The molecule has 0 aliphatic heterocycles. The van der Waals surface area contributed by atoms with E-state index in [0.717, 1.165) is 10.9 Å². The van der Waals surface area contributed by atoms with Gasteiger partial charge in [-0.05, 0) is 6.07 Å². The first-order valence-electron chi connectivity index (χ1n) is 3.77. The molecule has 2 rings (SSSR count). The van der Waals surface area contributed by atoms with Gasteiger partial charge in [0.05, 0.1) is 0 Å². The summed E-state index contributed by atoms with van der Waals surface area (Å²) < 4.78 is 0. The van der Waals surface area contributed by atoms with Crippen LogP contribution in [0.1, 0.15) is 5.56 Å². The van der Waals surface area contributed by atoms with E-state index >= 15 is 0 Å². The molecule has 0 aliphatic carbocycles. The molecule has 0 saturated heterocycles. The molecule has 0 unspecified atom stereocenters. The molecule has 3 nitrogen and oxygen atoms in total. The first-order chi connectivity index (χ1) is 6.33. The van der Waals surface area contributed by atoms with Crippen LogP contribution in [0.5, 0.6) is 0 Å². The summed E-state index contributed by atoms with van der Waals surface area (Å²) in [6.45, 7) is 0. The third kappa shape index (κ3) is 1.27. The maximum Gasteiger partial charge on any atom is 0.177 e. The molecule has 0 fully saturated rings. The van der Waals surface area contributed by atoms with Gasteiger partial charge in [0.25, 0.3) is 0 Å². The van der Waals surface area contributed by atoms with Gasteiger partial charge in [-0.3, -0.25) is 0 Å². The van der Waals surface area contributed by atoms with E-state index in [0.29, 0.717) is 5.56 Å². The zero-order valence-corrected chi connectivity index (χ0v) is 7.42. The van der Waals surface area contributed by atoms with Gasteiger partial charge in [0.2, 0.25) is 0 Å². The second-order valence-corrected chi connectivity index (χ2v) is 3.00. The van der Waals surface area contributed by atoms with Crippen LogP contribution in [0.2, 0.25) is 0 Å². The second kappa shape index (κ2) is 3.11. The van der Waals surface area contributed by atoms with Crippen molar-refractivity contribution in [3.63, 3.8) is 0 Å². The Labute approximate surface area is 79.6 Å². The summed E-state index contributed by atoms with van der Waals surface area (Å²) in [7, 11) is 0. The fourth-order valence-corrected chi connectivity index (χ4v) is 1.45. The van der Waals surface area contributed by atoms with Gasteiger partial charge in [-0.2, -0.15) is 0 Å². The third-order valence-electron chi connectivity index (χ3n) is 1.90. The normalized spacial score (nSPS) is 12.2. The highest BCUT2D eigenvalue weighted by atomic mass is 35.5. The summed E-state index contributed by atoms with van der Waals surface area (Å²) in [5.41, 5.74) is 1.68. The average molecular weight is 195 g/mol. The highest BCUT2D eigenvalue weighted by molar-refractivity contribution is 6.70. The molecule has 1 heterocycles. The van der Waals surface area contributed by atoms with E-state index in [2.05, 4.69) is 10.1 Å². The summed E-state index contributed by atoms with van der Waals surface area (Å²) in [5, 5.41) is 12.5. The number of nitrogens with zero attached hydrogens (tertiary/aromatic N) is 1. The fraction of sp³-hybridized carbons (Fsp3) is 0. The standard InChI is InChI=1S/C9H7ClN2O/c10-9(12-13)7-5-11-8-4-2-1-3-6(7)8/h1-5,11,13H. The maximum atomic E-state index is 8.51. The van der Waals surface area contributed by atoms with Crippen LogP contribution in [-0.2, 0) is 0 Å². The van der Waals surface area contributed by atoms with Crippen molar-refractivity contribution in [2.75, 3.05) is 0 Å².